The van der Waals surface area contributed by atoms with Crippen molar-refractivity contribution in [3.8, 4) is 0 Å². The standard InChI is InChI=1S/C28H41N/c1-4-10-27-22-24(5-2)16-17-28(27)23(3)21-26-14-12-25(13-15-26)11-9-20-29-18-7-6-8-19-29/h12-17,22-23H,4-11,18-21H2,1-3H3. The summed E-state index contributed by atoms with van der Waals surface area (Å²) < 4.78 is 0. The van der Waals surface area contributed by atoms with E-state index in [9.17, 15) is 0 Å². The van der Waals surface area contributed by atoms with Crippen LogP contribution in [0.25, 0.3) is 0 Å². The van der Waals surface area contributed by atoms with Gasteiger partial charge in [-0.25, -0.2) is 0 Å². The van der Waals surface area contributed by atoms with Crippen molar-refractivity contribution in [2.24, 2.45) is 0 Å². The summed E-state index contributed by atoms with van der Waals surface area (Å²) in [5, 5.41) is 0. The van der Waals surface area contributed by atoms with Crippen molar-refractivity contribution in [3.63, 3.8) is 0 Å². The number of benzene rings is 2. The Hall–Kier alpha value is -1.60. The zero-order valence-electron chi connectivity index (χ0n) is 19.1. The van der Waals surface area contributed by atoms with Crippen LogP contribution >= 0.6 is 0 Å². The maximum atomic E-state index is 2.65. The molecule has 29 heavy (non-hydrogen) atoms. The van der Waals surface area contributed by atoms with Crippen LogP contribution in [0.4, 0.5) is 0 Å². The highest BCUT2D eigenvalue weighted by molar-refractivity contribution is 5.36. The molecule has 0 bridgehead atoms. The van der Waals surface area contributed by atoms with E-state index in [0.717, 1.165) is 12.8 Å². The van der Waals surface area contributed by atoms with E-state index in [0.29, 0.717) is 5.92 Å². The van der Waals surface area contributed by atoms with Gasteiger partial charge in [0.15, 0.2) is 0 Å². The summed E-state index contributed by atoms with van der Waals surface area (Å²) in [5.41, 5.74) is 7.55. The van der Waals surface area contributed by atoms with Crippen molar-refractivity contribution in [2.75, 3.05) is 19.6 Å². The first-order chi connectivity index (χ1) is 14.2. The van der Waals surface area contributed by atoms with Crippen LogP contribution in [-0.2, 0) is 25.7 Å². The molecule has 0 spiro atoms. The maximum absolute atomic E-state index is 2.65. The molecule has 1 aliphatic heterocycles. The summed E-state index contributed by atoms with van der Waals surface area (Å²) in [6, 6.07) is 16.6. The number of aryl methyl sites for hydroxylation is 3. The van der Waals surface area contributed by atoms with Crippen LogP contribution in [0.1, 0.15) is 86.6 Å². The lowest BCUT2D eigenvalue weighted by atomic mass is 9.87. The summed E-state index contributed by atoms with van der Waals surface area (Å²) in [4.78, 5) is 2.65. The highest BCUT2D eigenvalue weighted by atomic mass is 15.1. The number of likely N-dealkylation sites (tertiary alicyclic amines) is 1. The van der Waals surface area contributed by atoms with E-state index in [1.165, 1.54) is 81.3 Å². The second-order valence-corrected chi connectivity index (χ2v) is 9.06. The fourth-order valence-electron chi connectivity index (χ4n) is 4.84. The number of nitrogens with zero attached hydrogens (tertiary/aromatic N) is 1. The Balaban J connectivity index is 1.53. The number of rotatable bonds is 10. The smallest absolute Gasteiger partial charge is 0.00156 e. The van der Waals surface area contributed by atoms with Gasteiger partial charge in [0.2, 0.25) is 0 Å². The zero-order chi connectivity index (χ0) is 20.5. The molecule has 0 radical (unpaired) electrons. The quantitative estimate of drug-likeness (QED) is 0.423. The third kappa shape index (κ3) is 6.71. The summed E-state index contributed by atoms with van der Waals surface area (Å²) in [6.07, 6.45) is 11.4. The van der Waals surface area contributed by atoms with Gasteiger partial charge in [-0.1, -0.05) is 76.1 Å². The summed E-state index contributed by atoms with van der Waals surface area (Å²) in [6.45, 7) is 10.8. The molecule has 0 N–H and O–H groups in total. The van der Waals surface area contributed by atoms with Gasteiger partial charge in [0, 0.05) is 0 Å². The van der Waals surface area contributed by atoms with Gasteiger partial charge in [-0.15, -0.1) is 0 Å². The second kappa shape index (κ2) is 11.6. The van der Waals surface area contributed by atoms with Crippen molar-refractivity contribution in [2.45, 2.75) is 84.5 Å². The molecule has 0 amide bonds. The van der Waals surface area contributed by atoms with E-state index < -0.39 is 0 Å². The van der Waals surface area contributed by atoms with Crippen molar-refractivity contribution >= 4 is 0 Å². The van der Waals surface area contributed by atoms with Crippen LogP contribution in [0, 0.1) is 0 Å². The molecule has 2 aromatic carbocycles. The summed E-state index contributed by atoms with van der Waals surface area (Å²) >= 11 is 0. The first-order valence-electron chi connectivity index (χ1n) is 12.1. The fraction of sp³-hybridized carbons (Fsp3) is 0.571. The molecule has 1 unspecified atom stereocenters. The Bertz CT molecular complexity index is 724. The molecule has 1 heteroatoms. The van der Waals surface area contributed by atoms with E-state index in [-0.39, 0.29) is 0 Å². The Labute approximate surface area is 179 Å². The van der Waals surface area contributed by atoms with Crippen LogP contribution in [0.15, 0.2) is 42.5 Å². The molecular weight excluding hydrogens is 350 g/mol. The monoisotopic (exact) mass is 391 g/mol. The van der Waals surface area contributed by atoms with Crippen molar-refractivity contribution in [1.82, 2.24) is 4.90 Å². The Kier molecular flexibility index (Phi) is 8.80. The molecule has 1 aliphatic rings. The molecule has 1 nitrogen and oxygen atoms in total. The van der Waals surface area contributed by atoms with Gasteiger partial charge in [-0.2, -0.15) is 0 Å². The fourth-order valence-corrected chi connectivity index (χ4v) is 4.84. The molecule has 1 fully saturated rings. The molecular formula is C28H41N. The Morgan fingerprint density at radius 2 is 1.52 bits per heavy atom. The summed E-state index contributed by atoms with van der Waals surface area (Å²) in [5.74, 6) is 0.576. The molecule has 3 rings (SSSR count). The van der Waals surface area contributed by atoms with E-state index in [2.05, 4.69) is 68.1 Å². The van der Waals surface area contributed by atoms with Crippen LogP contribution in [0.5, 0.6) is 0 Å². The van der Waals surface area contributed by atoms with Crippen LogP contribution in [-0.4, -0.2) is 24.5 Å². The van der Waals surface area contributed by atoms with E-state index in [1.54, 1.807) is 11.1 Å². The number of piperidine rings is 1. The molecule has 1 atom stereocenters. The van der Waals surface area contributed by atoms with Crippen LogP contribution in [0.3, 0.4) is 0 Å². The van der Waals surface area contributed by atoms with Crippen molar-refractivity contribution in [3.05, 3.63) is 70.3 Å². The van der Waals surface area contributed by atoms with Gasteiger partial charge in [0.25, 0.3) is 0 Å². The van der Waals surface area contributed by atoms with Gasteiger partial charge in [-0.3, -0.25) is 0 Å². The number of hydrogen-bond acceptors (Lipinski definition) is 1. The van der Waals surface area contributed by atoms with Gasteiger partial charge in [0.1, 0.15) is 0 Å². The highest BCUT2D eigenvalue weighted by Gasteiger charge is 2.12. The minimum atomic E-state index is 0.576. The second-order valence-electron chi connectivity index (χ2n) is 9.06. The lowest BCUT2D eigenvalue weighted by Gasteiger charge is -2.26. The number of hydrogen-bond donors (Lipinski definition) is 0. The van der Waals surface area contributed by atoms with Crippen LogP contribution in [0.2, 0.25) is 0 Å². The van der Waals surface area contributed by atoms with Gasteiger partial charge >= 0.3 is 0 Å². The maximum Gasteiger partial charge on any atom is -0.00156 e. The molecule has 0 aliphatic carbocycles. The Morgan fingerprint density at radius 3 is 2.21 bits per heavy atom. The van der Waals surface area contributed by atoms with Gasteiger partial charge in [0.05, 0.1) is 0 Å². The van der Waals surface area contributed by atoms with Crippen molar-refractivity contribution < 1.29 is 0 Å². The molecule has 158 valence electrons. The minimum Gasteiger partial charge on any atom is -0.303 e. The Morgan fingerprint density at radius 1 is 0.828 bits per heavy atom. The SMILES string of the molecule is CCCc1cc(CC)ccc1C(C)Cc1ccc(CCCN2CCCCC2)cc1. The third-order valence-electron chi connectivity index (χ3n) is 6.62. The van der Waals surface area contributed by atoms with E-state index in [1.807, 2.05) is 0 Å². The predicted octanol–water partition coefficient (Wildman–Crippen LogP) is 6.97. The molecule has 2 aromatic rings. The minimum absolute atomic E-state index is 0.576. The molecule has 0 saturated carbocycles. The van der Waals surface area contributed by atoms with Crippen molar-refractivity contribution in [1.29, 1.82) is 0 Å². The molecule has 1 heterocycles. The average molecular weight is 392 g/mol. The summed E-state index contributed by atoms with van der Waals surface area (Å²) in [7, 11) is 0. The normalized spacial score (nSPS) is 16.1. The zero-order valence-corrected chi connectivity index (χ0v) is 19.1. The first-order valence-corrected chi connectivity index (χ1v) is 12.1. The largest absolute Gasteiger partial charge is 0.303 e. The highest BCUT2D eigenvalue weighted by Crippen LogP contribution is 2.26. The first kappa shape index (κ1) is 22.1. The lowest BCUT2D eigenvalue weighted by Crippen LogP contribution is -2.30. The van der Waals surface area contributed by atoms with E-state index in [4.69, 9.17) is 0 Å². The van der Waals surface area contributed by atoms with Gasteiger partial charge < -0.3 is 4.90 Å². The molecule has 1 saturated heterocycles. The molecule has 0 aromatic heterocycles. The topological polar surface area (TPSA) is 3.24 Å². The van der Waals surface area contributed by atoms with Crippen LogP contribution < -0.4 is 0 Å². The lowest BCUT2D eigenvalue weighted by molar-refractivity contribution is 0.226. The van der Waals surface area contributed by atoms with Gasteiger partial charge in [-0.05, 0) is 98.3 Å². The predicted molar refractivity (Wildman–Crippen MR) is 127 cm³/mol. The van der Waals surface area contributed by atoms with E-state index >= 15 is 0 Å². The third-order valence-corrected chi connectivity index (χ3v) is 6.62. The average Bonchev–Trinajstić information content (AvgIpc) is 2.76.